The molecule has 0 N–H and O–H groups in total. The van der Waals surface area contributed by atoms with E-state index in [1.165, 1.54) is 7.11 Å². The van der Waals surface area contributed by atoms with Gasteiger partial charge in [-0.25, -0.2) is 0 Å². The van der Waals surface area contributed by atoms with Crippen LogP contribution in [0.3, 0.4) is 0 Å². The molecule has 5 heteroatoms. The topological polar surface area (TPSA) is 68.1 Å². The molecule has 0 aromatic heterocycles. The first-order valence-electron chi connectivity index (χ1n) is 5.06. The molecule has 0 aliphatic rings. The van der Waals surface area contributed by atoms with Crippen molar-refractivity contribution in [2.75, 3.05) is 7.11 Å². The summed E-state index contributed by atoms with van der Waals surface area (Å²) in [6, 6.07) is 3.27. The largest absolute Gasteiger partial charge is 0.492 e. The molecule has 0 heterocycles. The number of benzene rings is 1. The van der Waals surface area contributed by atoms with E-state index in [1.807, 2.05) is 13.8 Å². The van der Waals surface area contributed by atoms with E-state index in [9.17, 15) is 9.81 Å². The van der Waals surface area contributed by atoms with Crippen LogP contribution in [0.4, 0.5) is 11.4 Å². The normalized spacial score (nSPS) is 11.9. The van der Waals surface area contributed by atoms with Crippen molar-refractivity contribution in [1.82, 2.24) is 0 Å². The van der Waals surface area contributed by atoms with Gasteiger partial charge in [-0.2, -0.15) is 0 Å². The van der Waals surface area contributed by atoms with Crippen molar-refractivity contribution >= 4 is 11.4 Å². The van der Waals surface area contributed by atoms with Crippen LogP contribution >= 0.6 is 0 Å². The second-order valence-electron chi connectivity index (χ2n) is 3.58. The zero-order valence-corrected chi connectivity index (χ0v) is 9.56. The Bertz CT molecular complexity index is 375. The summed E-state index contributed by atoms with van der Waals surface area (Å²) in [5.41, 5.74) is 1.11. The number of methoxy groups -OCH3 is 1. The highest BCUT2D eigenvalue weighted by atomic mass is 16.5. The molecule has 1 rings (SSSR count). The third-order valence-corrected chi connectivity index (χ3v) is 2.65. The lowest BCUT2D eigenvalue weighted by molar-refractivity contribution is 0.417. The van der Waals surface area contributed by atoms with Gasteiger partial charge in [0, 0.05) is 0 Å². The second-order valence-corrected chi connectivity index (χ2v) is 3.58. The maximum absolute atomic E-state index is 10.6. The van der Waals surface area contributed by atoms with Crippen LogP contribution in [-0.2, 0) is 0 Å². The third-order valence-electron chi connectivity index (χ3n) is 2.65. The van der Waals surface area contributed by atoms with E-state index in [1.54, 1.807) is 12.1 Å². The van der Waals surface area contributed by atoms with Crippen LogP contribution in [0.2, 0.25) is 0 Å². The zero-order valence-electron chi connectivity index (χ0n) is 9.56. The van der Waals surface area contributed by atoms with E-state index >= 15 is 0 Å². The van der Waals surface area contributed by atoms with Crippen molar-refractivity contribution < 1.29 is 4.74 Å². The maximum atomic E-state index is 10.6. The lowest BCUT2D eigenvalue weighted by atomic mass is 9.97. The summed E-state index contributed by atoms with van der Waals surface area (Å²) in [6.45, 7) is 4.03. The molecule has 5 nitrogen and oxygen atoms in total. The average molecular weight is 222 g/mol. The summed E-state index contributed by atoms with van der Waals surface area (Å²) in [5, 5.41) is 5.71. The minimum Gasteiger partial charge on any atom is -0.492 e. The summed E-state index contributed by atoms with van der Waals surface area (Å²) in [5.74, 6) is 0.379. The molecule has 1 aromatic carbocycles. The maximum Gasteiger partial charge on any atom is 0.177 e. The van der Waals surface area contributed by atoms with Crippen LogP contribution in [0.15, 0.2) is 22.5 Å². The van der Waals surface area contributed by atoms with Crippen LogP contribution in [0.5, 0.6) is 5.75 Å². The molecule has 0 saturated carbocycles. The first kappa shape index (κ1) is 12.3. The molecule has 1 aromatic rings. The zero-order chi connectivity index (χ0) is 12.1. The number of ether oxygens (including phenoxy) is 1. The SMILES string of the molecule is CCC(C)c1cc(N=O)c(OC)c(N=O)c1. The Kier molecular flexibility index (Phi) is 4.10. The molecule has 0 radical (unpaired) electrons. The Morgan fingerprint density at radius 3 is 2.06 bits per heavy atom. The molecule has 0 amide bonds. The number of nitroso groups, excluding NO2 is 2. The first-order valence-corrected chi connectivity index (χ1v) is 5.06. The highest BCUT2D eigenvalue weighted by Crippen LogP contribution is 2.40. The fraction of sp³-hybridized carbons (Fsp3) is 0.455. The lowest BCUT2D eigenvalue weighted by Crippen LogP contribution is -1.93. The Labute approximate surface area is 93.8 Å². The minimum absolute atomic E-state index is 0.120. The van der Waals surface area contributed by atoms with Crippen LogP contribution in [0.25, 0.3) is 0 Å². The van der Waals surface area contributed by atoms with Gasteiger partial charge in [-0.05, 0) is 40.4 Å². The Hall–Kier alpha value is -1.78. The highest BCUT2D eigenvalue weighted by molar-refractivity contribution is 5.68. The fourth-order valence-corrected chi connectivity index (χ4v) is 1.48. The summed E-state index contributed by atoms with van der Waals surface area (Å²) in [6.07, 6.45) is 0.906. The van der Waals surface area contributed by atoms with Gasteiger partial charge in [0.15, 0.2) is 17.1 Å². The quantitative estimate of drug-likeness (QED) is 0.707. The molecule has 0 spiro atoms. The van der Waals surface area contributed by atoms with Crippen LogP contribution < -0.4 is 4.74 Å². The summed E-state index contributed by atoms with van der Waals surface area (Å²) in [7, 11) is 1.38. The molecule has 0 fully saturated rings. The van der Waals surface area contributed by atoms with Crippen molar-refractivity contribution in [3.05, 3.63) is 27.5 Å². The predicted molar refractivity (Wildman–Crippen MR) is 62.6 cm³/mol. The van der Waals surface area contributed by atoms with E-state index in [0.717, 1.165) is 12.0 Å². The highest BCUT2D eigenvalue weighted by Gasteiger charge is 2.15. The molecule has 86 valence electrons. The van der Waals surface area contributed by atoms with Crippen molar-refractivity contribution in [3.63, 3.8) is 0 Å². The van der Waals surface area contributed by atoms with E-state index in [4.69, 9.17) is 4.74 Å². The Balaban J connectivity index is 3.36. The van der Waals surface area contributed by atoms with Gasteiger partial charge in [0.1, 0.15) is 0 Å². The lowest BCUT2D eigenvalue weighted by Gasteiger charge is -2.12. The van der Waals surface area contributed by atoms with Crippen LogP contribution in [-0.4, -0.2) is 7.11 Å². The van der Waals surface area contributed by atoms with Crippen molar-refractivity contribution in [2.45, 2.75) is 26.2 Å². The van der Waals surface area contributed by atoms with Gasteiger partial charge < -0.3 is 4.74 Å². The second kappa shape index (κ2) is 5.34. The van der Waals surface area contributed by atoms with Crippen LogP contribution in [0.1, 0.15) is 31.7 Å². The predicted octanol–water partition coefficient (Wildman–Crippen LogP) is 4.00. The number of hydrogen-bond acceptors (Lipinski definition) is 5. The van der Waals surface area contributed by atoms with E-state index < -0.39 is 0 Å². The molecule has 1 atom stereocenters. The van der Waals surface area contributed by atoms with E-state index in [0.29, 0.717) is 0 Å². The monoisotopic (exact) mass is 222 g/mol. The molecular weight excluding hydrogens is 208 g/mol. The van der Waals surface area contributed by atoms with Crippen molar-refractivity contribution in [1.29, 1.82) is 0 Å². The standard InChI is InChI=1S/C11H14N2O3/c1-4-7(2)8-5-9(12-14)11(16-3)10(6-8)13-15/h5-7H,4H2,1-3H3. The molecule has 0 bridgehead atoms. The summed E-state index contributed by atoms with van der Waals surface area (Å²) < 4.78 is 4.94. The molecular formula is C11H14N2O3. The summed E-state index contributed by atoms with van der Waals surface area (Å²) in [4.78, 5) is 21.3. The minimum atomic E-state index is 0.120. The number of hydrogen-bond donors (Lipinski definition) is 0. The van der Waals surface area contributed by atoms with Gasteiger partial charge in [0.25, 0.3) is 0 Å². The van der Waals surface area contributed by atoms with Gasteiger partial charge in [0.2, 0.25) is 0 Å². The van der Waals surface area contributed by atoms with Gasteiger partial charge in [-0.1, -0.05) is 13.8 Å². The van der Waals surface area contributed by atoms with Gasteiger partial charge in [0.05, 0.1) is 7.11 Å². The van der Waals surface area contributed by atoms with Crippen molar-refractivity contribution in [3.8, 4) is 5.75 Å². The van der Waals surface area contributed by atoms with Crippen LogP contribution in [0, 0.1) is 9.81 Å². The Morgan fingerprint density at radius 2 is 1.75 bits per heavy atom. The molecule has 0 saturated heterocycles. The van der Waals surface area contributed by atoms with E-state index in [2.05, 4.69) is 10.4 Å². The molecule has 16 heavy (non-hydrogen) atoms. The van der Waals surface area contributed by atoms with Crippen molar-refractivity contribution in [2.24, 2.45) is 10.4 Å². The smallest absolute Gasteiger partial charge is 0.177 e. The van der Waals surface area contributed by atoms with Gasteiger partial charge in [-0.3, -0.25) is 0 Å². The number of nitrogens with zero attached hydrogens (tertiary/aromatic N) is 2. The summed E-state index contributed by atoms with van der Waals surface area (Å²) >= 11 is 0. The van der Waals surface area contributed by atoms with Gasteiger partial charge in [-0.15, -0.1) is 9.81 Å². The van der Waals surface area contributed by atoms with Gasteiger partial charge >= 0.3 is 0 Å². The Morgan fingerprint density at radius 1 is 1.25 bits per heavy atom. The molecule has 1 unspecified atom stereocenters. The first-order chi connectivity index (χ1) is 7.67. The van der Waals surface area contributed by atoms with E-state index in [-0.39, 0.29) is 23.0 Å². The fourth-order valence-electron chi connectivity index (χ4n) is 1.48. The molecule has 0 aliphatic heterocycles. The number of rotatable bonds is 5. The molecule has 0 aliphatic carbocycles. The average Bonchev–Trinajstić information content (AvgIpc) is 2.35. The third kappa shape index (κ3) is 2.24.